The molecule has 0 saturated heterocycles. The first-order valence-electron chi connectivity index (χ1n) is 7.99. The molecule has 7 heteroatoms. The largest absolute Gasteiger partial charge is 0.508 e. The Hall–Kier alpha value is -2.08. The Morgan fingerprint density at radius 3 is 2.54 bits per heavy atom. The van der Waals surface area contributed by atoms with Gasteiger partial charge in [0.2, 0.25) is 4.80 Å². The maximum atomic E-state index is 9.51. The van der Waals surface area contributed by atoms with Gasteiger partial charge < -0.3 is 5.11 Å². The number of hydrogen-bond acceptors (Lipinski definition) is 4. The molecule has 2 aromatic carbocycles. The summed E-state index contributed by atoms with van der Waals surface area (Å²) >= 11 is 14.0. The predicted octanol–water partition coefficient (Wildman–Crippen LogP) is 5.42. The van der Waals surface area contributed by atoms with Crippen LogP contribution in [-0.2, 0) is 0 Å². The van der Waals surface area contributed by atoms with Crippen LogP contribution in [0.3, 0.4) is 0 Å². The second-order valence-electron chi connectivity index (χ2n) is 5.51. The fourth-order valence-corrected chi connectivity index (χ4v) is 3.71. The highest BCUT2D eigenvalue weighted by molar-refractivity contribution is 7.07. The van der Waals surface area contributed by atoms with Gasteiger partial charge in [-0.1, -0.05) is 30.1 Å². The van der Waals surface area contributed by atoms with Gasteiger partial charge in [-0.05, 0) is 54.4 Å². The first-order chi connectivity index (χ1) is 12.5. The summed E-state index contributed by atoms with van der Waals surface area (Å²) in [6, 6.07) is 12.3. The van der Waals surface area contributed by atoms with Gasteiger partial charge in [-0.3, -0.25) is 4.99 Å². The first kappa shape index (κ1) is 18.7. The van der Waals surface area contributed by atoms with Crippen LogP contribution in [0.5, 0.6) is 5.75 Å². The van der Waals surface area contributed by atoms with E-state index in [1.165, 1.54) is 11.3 Å². The zero-order valence-corrected chi connectivity index (χ0v) is 16.6. The molecule has 3 rings (SSSR count). The zero-order chi connectivity index (χ0) is 18.7. The van der Waals surface area contributed by atoms with Crippen LogP contribution >= 0.6 is 34.5 Å². The fourth-order valence-electron chi connectivity index (χ4n) is 2.53. The van der Waals surface area contributed by atoms with Crippen molar-refractivity contribution in [2.75, 3.05) is 7.05 Å². The highest BCUT2D eigenvalue weighted by Gasteiger charge is 2.13. The van der Waals surface area contributed by atoms with Gasteiger partial charge >= 0.3 is 0 Å². The fraction of sp³-hybridized carbons (Fsp3) is 0.158. The third-order valence-electron chi connectivity index (χ3n) is 3.84. The van der Waals surface area contributed by atoms with Crippen molar-refractivity contribution in [3.8, 4) is 17.0 Å². The molecule has 4 nitrogen and oxygen atoms in total. The lowest BCUT2D eigenvalue weighted by molar-refractivity contribution is 0.475. The highest BCUT2D eigenvalue weighted by Crippen LogP contribution is 2.31. The van der Waals surface area contributed by atoms with Crippen LogP contribution in [0.1, 0.15) is 18.9 Å². The lowest BCUT2D eigenvalue weighted by Gasteiger charge is -2.09. The van der Waals surface area contributed by atoms with Crippen molar-refractivity contribution in [1.29, 1.82) is 0 Å². The smallest absolute Gasteiger partial charge is 0.205 e. The number of phenolic OH excluding ortho intramolecular Hbond substituents is 1. The minimum absolute atomic E-state index is 0.225. The van der Waals surface area contributed by atoms with Gasteiger partial charge in [0, 0.05) is 23.0 Å². The lowest BCUT2D eigenvalue weighted by atomic mass is 10.1. The van der Waals surface area contributed by atoms with E-state index in [-0.39, 0.29) is 5.75 Å². The van der Waals surface area contributed by atoms with E-state index >= 15 is 0 Å². The summed E-state index contributed by atoms with van der Waals surface area (Å²) in [6.07, 6.45) is 0.722. The van der Waals surface area contributed by atoms with Crippen molar-refractivity contribution in [1.82, 2.24) is 4.68 Å². The molecular formula is C19H17Cl2N3OS. The van der Waals surface area contributed by atoms with E-state index in [1.807, 2.05) is 30.5 Å². The van der Waals surface area contributed by atoms with Crippen LogP contribution in [-0.4, -0.2) is 22.5 Å². The summed E-state index contributed by atoms with van der Waals surface area (Å²) < 4.78 is 1.79. The Kier molecular flexibility index (Phi) is 5.81. The minimum atomic E-state index is 0.225. The lowest BCUT2D eigenvalue weighted by Crippen LogP contribution is -2.14. The third kappa shape index (κ3) is 3.85. The summed E-state index contributed by atoms with van der Waals surface area (Å²) in [4.78, 5) is 5.07. The molecule has 0 aliphatic carbocycles. The number of benzene rings is 2. The van der Waals surface area contributed by atoms with Crippen LogP contribution < -0.4 is 4.80 Å². The second-order valence-corrected chi connectivity index (χ2v) is 7.19. The van der Waals surface area contributed by atoms with E-state index in [9.17, 15) is 5.11 Å². The third-order valence-corrected chi connectivity index (χ3v) is 5.31. The van der Waals surface area contributed by atoms with Gasteiger partial charge in [0.25, 0.3) is 0 Å². The van der Waals surface area contributed by atoms with Crippen molar-refractivity contribution in [2.45, 2.75) is 13.3 Å². The predicted molar refractivity (Wildman–Crippen MR) is 110 cm³/mol. The van der Waals surface area contributed by atoms with Crippen molar-refractivity contribution < 1.29 is 5.11 Å². The molecule has 0 atom stereocenters. The quantitative estimate of drug-likeness (QED) is 0.578. The van der Waals surface area contributed by atoms with Crippen molar-refractivity contribution in [2.24, 2.45) is 10.1 Å². The molecule has 0 aliphatic heterocycles. The number of hydrogen-bond donors (Lipinski definition) is 1. The normalized spacial score (nSPS) is 12.6. The molecule has 134 valence electrons. The van der Waals surface area contributed by atoms with E-state index < -0.39 is 0 Å². The maximum absolute atomic E-state index is 9.51. The number of nitrogens with zero attached hydrogens (tertiary/aromatic N) is 3. The van der Waals surface area contributed by atoms with Crippen LogP contribution in [0, 0.1) is 0 Å². The molecule has 0 aliphatic rings. The van der Waals surface area contributed by atoms with Crippen molar-refractivity contribution >= 4 is 40.3 Å². The molecule has 0 radical (unpaired) electrons. The van der Waals surface area contributed by atoms with E-state index in [0.29, 0.717) is 10.0 Å². The molecule has 1 N–H and O–H groups in total. The minimum Gasteiger partial charge on any atom is -0.508 e. The monoisotopic (exact) mass is 405 g/mol. The number of aromatic nitrogens is 1. The van der Waals surface area contributed by atoms with E-state index in [0.717, 1.165) is 33.8 Å². The van der Waals surface area contributed by atoms with Crippen LogP contribution in [0.25, 0.3) is 11.3 Å². The summed E-state index contributed by atoms with van der Waals surface area (Å²) in [5.74, 6) is 0.225. The van der Waals surface area contributed by atoms with E-state index in [2.05, 4.69) is 4.99 Å². The van der Waals surface area contributed by atoms with Crippen LogP contribution in [0.2, 0.25) is 10.0 Å². The molecule has 1 aromatic heterocycles. The molecule has 3 aromatic rings. The Morgan fingerprint density at radius 1 is 1.15 bits per heavy atom. The summed E-state index contributed by atoms with van der Waals surface area (Å²) in [7, 11) is 1.73. The SMILES string of the molecule is CCC(=Nn1c(-c2cc(Cl)ccc2Cl)csc1=NC)c1ccc(O)cc1. The average Bonchev–Trinajstić information content (AvgIpc) is 3.05. The number of rotatable bonds is 4. The van der Waals surface area contributed by atoms with E-state index in [1.54, 1.807) is 36.0 Å². The number of phenols is 1. The number of thiazole rings is 1. The van der Waals surface area contributed by atoms with Gasteiger partial charge in [-0.15, -0.1) is 11.3 Å². The van der Waals surface area contributed by atoms with Gasteiger partial charge in [0.05, 0.1) is 16.4 Å². The maximum Gasteiger partial charge on any atom is 0.205 e. The number of halogens is 2. The molecule has 0 spiro atoms. The molecule has 0 unspecified atom stereocenters. The van der Waals surface area contributed by atoms with Crippen molar-refractivity contribution in [3.63, 3.8) is 0 Å². The molecule has 0 fully saturated rings. The van der Waals surface area contributed by atoms with E-state index in [4.69, 9.17) is 28.3 Å². The van der Waals surface area contributed by atoms with Gasteiger partial charge in [-0.2, -0.15) is 5.10 Å². The molecule has 1 heterocycles. The van der Waals surface area contributed by atoms with Gasteiger partial charge in [-0.25, -0.2) is 4.68 Å². The Bertz CT molecular complexity index is 1020. The molecule has 0 saturated carbocycles. The number of aromatic hydroxyl groups is 1. The summed E-state index contributed by atoms with van der Waals surface area (Å²) in [6.45, 7) is 2.04. The van der Waals surface area contributed by atoms with Crippen molar-refractivity contribution in [3.05, 3.63) is 68.3 Å². The molecule has 0 amide bonds. The molecular weight excluding hydrogens is 389 g/mol. The molecule has 26 heavy (non-hydrogen) atoms. The van der Waals surface area contributed by atoms with Crippen LogP contribution in [0.4, 0.5) is 0 Å². The summed E-state index contributed by atoms with van der Waals surface area (Å²) in [5.41, 5.74) is 3.44. The topological polar surface area (TPSA) is 49.9 Å². The Labute approximate surface area is 165 Å². The Balaban J connectivity index is 2.19. The first-order valence-corrected chi connectivity index (χ1v) is 9.63. The average molecular weight is 406 g/mol. The van der Waals surface area contributed by atoms with Crippen LogP contribution in [0.15, 0.2) is 57.9 Å². The standard InChI is InChI=1S/C19H17Cl2N3OS/c1-3-17(12-4-7-14(25)8-5-12)23-24-18(11-26-19(24)22-2)15-10-13(20)6-9-16(15)21/h4-11,25H,3H2,1-2H3. The van der Waals surface area contributed by atoms with Gasteiger partial charge in [0.15, 0.2) is 0 Å². The Morgan fingerprint density at radius 2 is 1.88 bits per heavy atom. The second kappa shape index (κ2) is 8.08. The molecule has 0 bridgehead atoms. The zero-order valence-electron chi connectivity index (χ0n) is 14.3. The summed E-state index contributed by atoms with van der Waals surface area (Å²) in [5, 5.41) is 17.5. The highest BCUT2D eigenvalue weighted by atomic mass is 35.5. The van der Waals surface area contributed by atoms with Gasteiger partial charge in [0.1, 0.15) is 5.75 Å².